The van der Waals surface area contributed by atoms with Crippen LogP contribution in [0.1, 0.15) is 36.0 Å². The van der Waals surface area contributed by atoms with Crippen LogP contribution in [-0.2, 0) is 4.74 Å². The van der Waals surface area contributed by atoms with Crippen molar-refractivity contribution in [3.63, 3.8) is 0 Å². The Labute approximate surface area is 116 Å². The number of rotatable bonds is 2. The summed E-state index contributed by atoms with van der Waals surface area (Å²) in [7, 11) is 0. The molecule has 1 heterocycles. The van der Waals surface area contributed by atoms with Crippen LogP contribution in [0.4, 0.5) is 0 Å². The van der Waals surface area contributed by atoms with Gasteiger partial charge in [0.1, 0.15) is 6.10 Å². The van der Waals surface area contributed by atoms with Gasteiger partial charge in [-0.1, -0.05) is 12.1 Å². The summed E-state index contributed by atoms with van der Waals surface area (Å²) in [5, 5.41) is 16.6. The summed E-state index contributed by atoms with van der Waals surface area (Å²) in [5.41, 5.74) is 1.20. The number of nitriles is 1. The number of hydrogen-bond donors (Lipinski definition) is 1. The van der Waals surface area contributed by atoms with Crippen LogP contribution in [0, 0.1) is 17.2 Å². The maximum atomic E-state index is 12.3. The molecule has 2 unspecified atom stereocenters. The first-order chi connectivity index (χ1) is 9.78. The molecular weight excluding hydrogens is 254 g/mol. The SMILES string of the molecule is N#CC1CCCC(OC(=O)c2cccc3cn[nH]c23)C1. The lowest BCUT2D eigenvalue weighted by molar-refractivity contribution is 0.0177. The molecule has 0 spiro atoms. The quantitative estimate of drug-likeness (QED) is 0.850. The fourth-order valence-corrected chi connectivity index (χ4v) is 2.72. The molecule has 1 aromatic carbocycles. The third-order valence-electron chi connectivity index (χ3n) is 3.78. The Hall–Kier alpha value is -2.35. The number of nitrogens with one attached hydrogen (secondary N) is 1. The highest BCUT2D eigenvalue weighted by Gasteiger charge is 2.25. The van der Waals surface area contributed by atoms with Gasteiger partial charge >= 0.3 is 5.97 Å². The predicted molar refractivity (Wildman–Crippen MR) is 72.9 cm³/mol. The van der Waals surface area contributed by atoms with Crippen LogP contribution in [-0.4, -0.2) is 22.3 Å². The van der Waals surface area contributed by atoms with Gasteiger partial charge in [0.25, 0.3) is 0 Å². The lowest BCUT2D eigenvalue weighted by Gasteiger charge is -2.25. The molecule has 1 aromatic heterocycles. The van der Waals surface area contributed by atoms with Crippen LogP contribution in [0.5, 0.6) is 0 Å². The molecule has 0 aliphatic heterocycles. The van der Waals surface area contributed by atoms with E-state index in [0.717, 1.165) is 24.6 Å². The number of aromatic nitrogens is 2. The van der Waals surface area contributed by atoms with Crippen LogP contribution >= 0.6 is 0 Å². The van der Waals surface area contributed by atoms with Gasteiger partial charge in [-0.3, -0.25) is 5.10 Å². The summed E-state index contributed by atoms with van der Waals surface area (Å²) in [5.74, 6) is -0.340. The number of benzene rings is 1. The van der Waals surface area contributed by atoms with Gasteiger partial charge < -0.3 is 4.74 Å². The largest absolute Gasteiger partial charge is 0.459 e. The number of hydrogen-bond acceptors (Lipinski definition) is 4. The minimum absolute atomic E-state index is 0.00416. The number of para-hydroxylation sites is 1. The third kappa shape index (κ3) is 2.37. The van der Waals surface area contributed by atoms with Crippen LogP contribution in [0.15, 0.2) is 24.4 Å². The average Bonchev–Trinajstić information content (AvgIpc) is 2.95. The monoisotopic (exact) mass is 269 g/mol. The normalized spacial score (nSPS) is 22.4. The van der Waals surface area contributed by atoms with Crippen molar-refractivity contribution >= 4 is 16.9 Å². The summed E-state index contributed by atoms with van der Waals surface area (Å²) in [6.07, 6.45) is 4.84. The number of H-pyrrole nitrogens is 1. The molecule has 2 atom stereocenters. The van der Waals surface area contributed by atoms with Gasteiger partial charge in [-0.25, -0.2) is 4.79 Å². The maximum absolute atomic E-state index is 12.3. The number of carbonyl (C=O) groups excluding carboxylic acids is 1. The first-order valence-corrected chi connectivity index (χ1v) is 6.80. The van der Waals surface area contributed by atoms with Crippen molar-refractivity contribution < 1.29 is 9.53 Å². The van der Waals surface area contributed by atoms with Crippen molar-refractivity contribution in [2.75, 3.05) is 0 Å². The second kappa shape index (κ2) is 5.33. The van der Waals surface area contributed by atoms with Crippen molar-refractivity contribution in [2.24, 2.45) is 5.92 Å². The molecule has 5 heteroatoms. The molecule has 0 radical (unpaired) electrons. The van der Waals surface area contributed by atoms with Gasteiger partial charge in [0.2, 0.25) is 0 Å². The Balaban J connectivity index is 1.76. The van der Waals surface area contributed by atoms with E-state index in [4.69, 9.17) is 10.00 Å². The topological polar surface area (TPSA) is 78.8 Å². The Morgan fingerprint density at radius 3 is 3.20 bits per heavy atom. The van der Waals surface area contributed by atoms with Crippen molar-refractivity contribution in [3.8, 4) is 6.07 Å². The number of carbonyl (C=O) groups is 1. The molecule has 1 aliphatic rings. The summed E-state index contributed by atoms with van der Waals surface area (Å²) in [6, 6.07) is 7.70. The van der Waals surface area contributed by atoms with E-state index in [1.165, 1.54) is 0 Å². The Bertz CT molecular complexity index is 671. The van der Waals surface area contributed by atoms with Gasteiger partial charge in [-0.2, -0.15) is 10.4 Å². The third-order valence-corrected chi connectivity index (χ3v) is 3.78. The zero-order valence-corrected chi connectivity index (χ0v) is 11.0. The minimum atomic E-state index is -0.344. The molecule has 5 nitrogen and oxygen atoms in total. The van der Waals surface area contributed by atoms with Crippen molar-refractivity contribution in [2.45, 2.75) is 31.8 Å². The summed E-state index contributed by atoms with van der Waals surface area (Å²) in [4.78, 5) is 12.3. The van der Waals surface area contributed by atoms with E-state index in [0.29, 0.717) is 17.5 Å². The number of nitrogens with zero attached hydrogens (tertiary/aromatic N) is 2. The number of fused-ring (bicyclic) bond motifs is 1. The second-order valence-corrected chi connectivity index (χ2v) is 5.16. The zero-order valence-electron chi connectivity index (χ0n) is 11.0. The van der Waals surface area contributed by atoms with Gasteiger partial charge in [0.05, 0.1) is 23.3 Å². The number of esters is 1. The highest BCUT2D eigenvalue weighted by atomic mass is 16.5. The Morgan fingerprint density at radius 2 is 2.35 bits per heavy atom. The van der Waals surface area contributed by atoms with E-state index in [2.05, 4.69) is 16.3 Å². The Morgan fingerprint density at radius 1 is 1.45 bits per heavy atom. The Kier molecular flexibility index (Phi) is 3.38. The van der Waals surface area contributed by atoms with Gasteiger partial charge in [0.15, 0.2) is 0 Å². The lowest BCUT2D eigenvalue weighted by atomic mass is 9.88. The lowest BCUT2D eigenvalue weighted by Crippen LogP contribution is -2.25. The van der Waals surface area contributed by atoms with Crippen molar-refractivity contribution in [1.29, 1.82) is 5.26 Å². The van der Waals surface area contributed by atoms with Crippen LogP contribution in [0.25, 0.3) is 10.9 Å². The van der Waals surface area contributed by atoms with E-state index in [9.17, 15) is 4.79 Å². The number of aromatic amines is 1. The molecule has 20 heavy (non-hydrogen) atoms. The summed E-state index contributed by atoms with van der Waals surface area (Å²) >= 11 is 0. The molecule has 3 rings (SSSR count). The van der Waals surface area contributed by atoms with Crippen LogP contribution in [0.2, 0.25) is 0 Å². The first-order valence-electron chi connectivity index (χ1n) is 6.80. The summed E-state index contributed by atoms with van der Waals surface area (Å²) < 4.78 is 5.55. The number of ether oxygens (including phenoxy) is 1. The van der Waals surface area contributed by atoms with E-state index < -0.39 is 0 Å². The highest BCUT2D eigenvalue weighted by Crippen LogP contribution is 2.27. The van der Waals surface area contributed by atoms with Crippen LogP contribution < -0.4 is 0 Å². The van der Waals surface area contributed by atoms with Gasteiger partial charge in [0, 0.05) is 17.7 Å². The van der Waals surface area contributed by atoms with E-state index in [1.807, 2.05) is 12.1 Å². The molecule has 102 valence electrons. The van der Waals surface area contributed by atoms with Crippen molar-refractivity contribution in [3.05, 3.63) is 30.0 Å². The first kappa shape index (κ1) is 12.7. The second-order valence-electron chi connectivity index (χ2n) is 5.16. The standard InChI is InChI=1S/C15H15N3O2/c16-8-10-3-1-5-12(7-10)20-15(19)13-6-2-4-11-9-17-18-14(11)13/h2,4,6,9-10,12H,1,3,5,7H2,(H,17,18). The zero-order chi connectivity index (χ0) is 13.9. The van der Waals surface area contributed by atoms with E-state index >= 15 is 0 Å². The molecule has 1 saturated carbocycles. The van der Waals surface area contributed by atoms with Gasteiger partial charge in [-0.05, 0) is 25.3 Å². The van der Waals surface area contributed by atoms with E-state index in [1.54, 1.807) is 12.3 Å². The molecule has 1 fully saturated rings. The van der Waals surface area contributed by atoms with Gasteiger partial charge in [-0.15, -0.1) is 0 Å². The molecule has 1 N–H and O–H groups in total. The van der Waals surface area contributed by atoms with Crippen molar-refractivity contribution in [1.82, 2.24) is 10.2 Å². The smallest absolute Gasteiger partial charge is 0.340 e. The average molecular weight is 269 g/mol. The molecule has 0 amide bonds. The molecule has 2 aromatic rings. The fourth-order valence-electron chi connectivity index (χ4n) is 2.72. The molecule has 0 saturated heterocycles. The minimum Gasteiger partial charge on any atom is -0.459 e. The molecule has 1 aliphatic carbocycles. The maximum Gasteiger partial charge on any atom is 0.340 e. The molecule has 0 bridgehead atoms. The molecular formula is C15H15N3O2. The van der Waals surface area contributed by atoms with E-state index in [-0.39, 0.29) is 18.0 Å². The fraction of sp³-hybridized carbons (Fsp3) is 0.400. The highest BCUT2D eigenvalue weighted by molar-refractivity contribution is 6.02. The summed E-state index contributed by atoms with van der Waals surface area (Å²) in [6.45, 7) is 0. The van der Waals surface area contributed by atoms with Crippen LogP contribution in [0.3, 0.4) is 0 Å². The predicted octanol–water partition coefficient (Wildman–Crippen LogP) is 2.80.